The molecule has 2 atom stereocenters. The number of aromatic amines is 1. The summed E-state index contributed by atoms with van der Waals surface area (Å²) >= 11 is 0. The van der Waals surface area contributed by atoms with E-state index in [0.717, 1.165) is 47.9 Å². The summed E-state index contributed by atoms with van der Waals surface area (Å²) in [6, 6.07) is 19.5. The van der Waals surface area contributed by atoms with E-state index < -0.39 is 18.2 Å². The summed E-state index contributed by atoms with van der Waals surface area (Å²) in [4.78, 5) is 28.5. The molecule has 266 valence electrons. The Morgan fingerprint density at radius 1 is 0.860 bits per heavy atom. The van der Waals surface area contributed by atoms with Gasteiger partial charge in [-0.25, -0.2) is 0 Å². The van der Waals surface area contributed by atoms with Crippen molar-refractivity contribution in [1.29, 1.82) is 0 Å². The van der Waals surface area contributed by atoms with Crippen molar-refractivity contribution in [3.05, 3.63) is 125 Å². The molecule has 4 aromatic rings. The number of aryl methyl sites for hydroxylation is 1. The summed E-state index contributed by atoms with van der Waals surface area (Å²) in [5.74, 6) is -0.0828. The first-order valence-corrected chi connectivity index (χ1v) is 17.2. The molecule has 0 fully saturated rings. The van der Waals surface area contributed by atoms with Gasteiger partial charge in [-0.1, -0.05) is 61.4 Å². The van der Waals surface area contributed by atoms with E-state index in [1.165, 1.54) is 0 Å². The number of benzene rings is 3. The van der Waals surface area contributed by atoms with Crippen LogP contribution in [0.25, 0.3) is 0 Å². The second-order valence-electron chi connectivity index (χ2n) is 12.6. The summed E-state index contributed by atoms with van der Waals surface area (Å²) < 4.78 is 5.96. The number of unbranched alkanes of at least 4 members (excludes halogenated alkanes) is 3. The highest BCUT2D eigenvalue weighted by atomic mass is 16.5. The third kappa shape index (κ3) is 11.7. The van der Waals surface area contributed by atoms with Gasteiger partial charge in [-0.15, -0.1) is 0 Å². The SMILES string of the molecule is NC(N)c1ccc([C@H](CC(=O)c2cc[nH]c2)c2cc(CCOc3cc(CCC(=O)/C=C/CCCCC[C@H](O)CO)ccc3O)ccc2O)cc1. The molecule has 0 radical (unpaired) electrons. The lowest BCUT2D eigenvalue weighted by molar-refractivity contribution is -0.114. The lowest BCUT2D eigenvalue weighted by atomic mass is 9.84. The minimum atomic E-state index is -0.656. The van der Waals surface area contributed by atoms with Crippen molar-refractivity contribution >= 4 is 11.6 Å². The molecule has 0 aliphatic carbocycles. The number of phenolic OH excluding ortho intramolecular Hbond substituents is 2. The number of H-pyrrole nitrogens is 1. The fraction of sp³-hybridized carbons (Fsp3) is 0.350. The van der Waals surface area contributed by atoms with E-state index in [-0.39, 0.29) is 42.7 Å². The number of ether oxygens (including phenoxy) is 1. The van der Waals surface area contributed by atoms with Gasteiger partial charge in [0, 0.05) is 48.7 Å². The Hall–Kier alpha value is -4.74. The number of aromatic nitrogens is 1. The maximum absolute atomic E-state index is 13.2. The highest BCUT2D eigenvalue weighted by Gasteiger charge is 2.23. The Morgan fingerprint density at radius 2 is 1.58 bits per heavy atom. The molecule has 0 aliphatic heterocycles. The number of nitrogens with one attached hydrogen (secondary N) is 1. The van der Waals surface area contributed by atoms with Crippen LogP contribution in [0.1, 0.15) is 95.2 Å². The molecular formula is C40H49N3O7. The number of aromatic hydroxyl groups is 2. The van der Waals surface area contributed by atoms with E-state index in [9.17, 15) is 24.9 Å². The first-order chi connectivity index (χ1) is 24.1. The molecule has 0 bridgehead atoms. The number of carbonyl (C=O) groups is 2. The highest BCUT2D eigenvalue weighted by Crippen LogP contribution is 2.36. The second-order valence-corrected chi connectivity index (χ2v) is 12.6. The molecule has 10 heteroatoms. The lowest BCUT2D eigenvalue weighted by Crippen LogP contribution is -2.20. The highest BCUT2D eigenvalue weighted by molar-refractivity contribution is 5.96. The minimum Gasteiger partial charge on any atom is -0.508 e. The van der Waals surface area contributed by atoms with Gasteiger partial charge in [-0.3, -0.25) is 9.59 Å². The van der Waals surface area contributed by atoms with Crippen molar-refractivity contribution in [2.75, 3.05) is 13.2 Å². The van der Waals surface area contributed by atoms with Crippen LogP contribution in [0.15, 0.2) is 91.3 Å². The van der Waals surface area contributed by atoms with Gasteiger partial charge in [0.25, 0.3) is 0 Å². The van der Waals surface area contributed by atoms with Crippen LogP contribution in [0, 0.1) is 0 Å². The van der Waals surface area contributed by atoms with Gasteiger partial charge in [0.05, 0.1) is 25.5 Å². The summed E-state index contributed by atoms with van der Waals surface area (Å²) in [6.07, 6.45) is 11.0. The maximum Gasteiger partial charge on any atom is 0.165 e. The van der Waals surface area contributed by atoms with Crippen molar-refractivity contribution in [2.24, 2.45) is 11.5 Å². The summed E-state index contributed by atoms with van der Waals surface area (Å²) in [5.41, 5.74) is 16.2. The number of allylic oxidation sites excluding steroid dienone is 2. The Bertz CT molecular complexity index is 1680. The van der Waals surface area contributed by atoms with Crippen LogP contribution in [0.4, 0.5) is 0 Å². The fourth-order valence-corrected chi connectivity index (χ4v) is 5.78. The fourth-order valence-electron chi connectivity index (χ4n) is 5.78. The predicted molar refractivity (Wildman–Crippen MR) is 193 cm³/mol. The van der Waals surface area contributed by atoms with E-state index in [1.807, 2.05) is 36.4 Å². The molecule has 4 rings (SSSR count). The summed E-state index contributed by atoms with van der Waals surface area (Å²) in [7, 11) is 0. The first-order valence-electron chi connectivity index (χ1n) is 17.2. The second kappa shape index (κ2) is 19.4. The zero-order valence-corrected chi connectivity index (χ0v) is 28.3. The summed E-state index contributed by atoms with van der Waals surface area (Å²) in [6.45, 7) is 0.0345. The molecule has 0 saturated carbocycles. The molecule has 0 unspecified atom stereocenters. The average Bonchev–Trinajstić information content (AvgIpc) is 3.67. The third-order valence-corrected chi connectivity index (χ3v) is 8.76. The van der Waals surface area contributed by atoms with E-state index >= 15 is 0 Å². The number of hydrogen-bond acceptors (Lipinski definition) is 9. The Kier molecular flexibility index (Phi) is 14.8. The van der Waals surface area contributed by atoms with Crippen LogP contribution in [0.3, 0.4) is 0 Å². The van der Waals surface area contributed by atoms with Crippen LogP contribution in [-0.2, 0) is 17.6 Å². The normalized spacial score (nSPS) is 12.7. The molecule has 3 aromatic carbocycles. The smallest absolute Gasteiger partial charge is 0.165 e. The van der Waals surface area contributed by atoms with Crippen LogP contribution < -0.4 is 16.2 Å². The molecule has 1 heterocycles. The number of aliphatic hydroxyl groups is 2. The van der Waals surface area contributed by atoms with Crippen molar-refractivity contribution in [3.63, 3.8) is 0 Å². The van der Waals surface area contributed by atoms with Gasteiger partial charge >= 0.3 is 0 Å². The molecule has 0 aliphatic rings. The van der Waals surface area contributed by atoms with Crippen molar-refractivity contribution in [2.45, 2.75) is 76.0 Å². The molecule has 0 amide bonds. The summed E-state index contributed by atoms with van der Waals surface area (Å²) in [5, 5.41) is 39.7. The average molecular weight is 684 g/mol. The number of nitrogens with two attached hydrogens (primary N) is 2. The zero-order chi connectivity index (χ0) is 35.9. The third-order valence-electron chi connectivity index (χ3n) is 8.76. The van der Waals surface area contributed by atoms with E-state index in [2.05, 4.69) is 4.98 Å². The van der Waals surface area contributed by atoms with Crippen LogP contribution in [0.2, 0.25) is 0 Å². The van der Waals surface area contributed by atoms with Crippen molar-refractivity contribution in [1.82, 2.24) is 4.98 Å². The topological polar surface area (TPSA) is 192 Å². The molecule has 50 heavy (non-hydrogen) atoms. The molecule has 0 saturated heterocycles. The number of aliphatic hydroxyl groups excluding tert-OH is 2. The largest absolute Gasteiger partial charge is 0.508 e. The van der Waals surface area contributed by atoms with Gasteiger partial charge in [-0.05, 0) is 78.3 Å². The monoisotopic (exact) mass is 683 g/mol. The predicted octanol–water partition coefficient (Wildman–Crippen LogP) is 5.73. The molecule has 0 spiro atoms. The number of hydrogen-bond donors (Lipinski definition) is 7. The lowest BCUT2D eigenvalue weighted by Gasteiger charge is -2.20. The Labute approximate surface area is 293 Å². The quantitative estimate of drug-likeness (QED) is 0.0249. The van der Waals surface area contributed by atoms with Gasteiger partial charge in [0.1, 0.15) is 5.75 Å². The standard InChI is InChI=1S/C40H49N3O7/c41-40(42)30-13-11-29(12-14-30)34(24-38(49)31-18-20-43-25-31)35-22-28(9-16-36(35)47)19-21-50-39-23-27(10-17-37(39)48)8-15-32(45)6-4-2-1-3-5-7-33(46)26-44/h4,6,9-14,16-18,20,22-23,25,33-34,40,43-44,46-48H,1-3,5,7-8,15,19,21,24,26,41-42H2/b6-4+/t33-,34-/m0/s1. The van der Waals surface area contributed by atoms with Crippen molar-refractivity contribution < 1.29 is 34.8 Å². The molecule has 1 aromatic heterocycles. The Morgan fingerprint density at radius 3 is 2.28 bits per heavy atom. The number of phenols is 2. The number of carbonyl (C=O) groups excluding carboxylic acids is 2. The number of rotatable bonds is 21. The van der Waals surface area contributed by atoms with Crippen molar-refractivity contribution in [3.8, 4) is 17.2 Å². The first kappa shape index (κ1) is 38.1. The molecule has 10 nitrogen and oxygen atoms in total. The molecular weight excluding hydrogens is 634 g/mol. The van der Waals surface area contributed by atoms with Crippen LogP contribution in [-0.4, -0.2) is 56.3 Å². The minimum absolute atomic E-state index is 0.00172. The van der Waals surface area contributed by atoms with E-state index in [1.54, 1.807) is 54.9 Å². The van der Waals surface area contributed by atoms with E-state index in [0.29, 0.717) is 42.6 Å². The van der Waals surface area contributed by atoms with Crippen LogP contribution >= 0.6 is 0 Å². The maximum atomic E-state index is 13.2. The van der Waals surface area contributed by atoms with Gasteiger partial charge in [-0.2, -0.15) is 0 Å². The van der Waals surface area contributed by atoms with Crippen LogP contribution in [0.5, 0.6) is 17.2 Å². The number of Topliss-reactive ketones (excluding diaryl/α,β-unsaturated/α-hetero) is 1. The Balaban J connectivity index is 1.35. The molecule has 9 N–H and O–H groups in total. The zero-order valence-electron chi connectivity index (χ0n) is 28.3. The van der Waals surface area contributed by atoms with Gasteiger partial charge < -0.3 is 41.6 Å². The van der Waals surface area contributed by atoms with E-state index in [4.69, 9.17) is 21.3 Å². The van der Waals surface area contributed by atoms with Gasteiger partial charge in [0.15, 0.2) is 23.1 Å². The number of ketones is 2. The van der Waals surface area contributed by atoms with Gasteiger partial charge in [0.2, 0.25) is 0 Å².